The molecule has 5 heteroatoms. The van der Waals surface area contributed by atoms with E-state index in [4.69, 9.17) is 16.3 Å². The highest BCUT2D eigenvalue weighted by atomic mass is 79.9. The van der Waals surface area contributed by atoms with Crippen LogP contribution in [-0.4, -0.2) is 18.4 Å². The second kappa shape index (κ2) is 8.33. The topological polar surface area (TPSA) is 43.4 Å². The zero-order valence-electron chi connectivity index (χ0n) is 10.7. The van der Waals surface area contributed by atoms with Gasteiger partial charge in [-0.25, -0.2) is 0 Å². The predicted octanol–water partition coefficient (Wildman–Crippen LogP) is 4.41. The van der Waals surface area contributed by atoms with E-state index in [2.05, 4.69) is 15.9 Å². The molecule has 0 saturated carbocycles. The standard InChI is InChI=1S/C14H16BrClO3/c1-2-3-8-19-14(18)7-6-13(17)11-9-10(15)4-5-12(11)16/h4-5,9H,2-3,6-8H2,1H3. The minimum atomic E-state index is -0.340. The average molecular weight is 348 g/mol. The van der Waals surface area contributed by atoms with E-state index in [0.717, 1.165) is 17.3 Å². The molecule has 1 rings (SSSR count). The highest BCUT2D eigenvalue weighted by Gasteiger charge is 2.13. The Hall–Kier alpha value is -0.870. The fourth-order valence-corrected chi connectivity index (χ4v) is 2.05. The van der Waals surface area contributed by atoms with Crippen molar-refractivity contribution in [2.45, 2.75) is 32.6 Å². The molecule has 0 aliphatic heterocycles. The molecule has 0 amide bonds. The molecule has 0 N–H and O–H groups in total. The number of hydrogen-bond acceptors (Lipinski definition) is 3. The Morgan fingerprint density at radius 3 is 2.74 bits per heavy atom. The van der Waals surface area contributed by atoms with Gasteiger partial charge in [-0.05, 0) is 24.6 Å². The first-order valence-electron chi connectivity index (χ1n) is 6.18. The molecule has 104 valence electrons. The van der Waals surface area contributed by atoms with Gasteiger partial charge in [-0.15, -0.1) is 0 Å². The number of esters is 1. The third kappa shape index (κ3) is 5.74. The van der Waals surface area contributed by atoms with Crippen molar-refractivity contribution < 1.29 is 14.3 Å². The van der Waals surface area contributed by atoms with Gasteiger partial charge in [0.25, 0.3) is 0 Å². The highest BCUT2D eigenvalue weighted by molar-refractivity contribution is 9.10. The van der Waals surface area contributed by atoms with Crippen molar-refractivity contribution in [3.05, 3.63) is 33.3 Å². The normalized spacial score (nSPS) is 10.3. The Morgan fingerprint density at radius 2 is 2.05 bits per heavy atom. The lowest BCUT2D eigenvalue weighted by Gasteiger charge is -2.05. The van der Waals surface area contributed by atoms with Crippen LogP contribution in [0.25, 0.3) is 0 Å². The maximum Gasteiger partial charge on any atom is 0.306 e. The van der Waals surface area contributed by atoms with Gasteiger partial charge in [0.05, 0.1) is 18.1 Å². The summed E-state index contributed by atoms with van der Waals surface area (Å²) >= 11 is 9.24. The van der Waals surface area contributed by atoms with Gasteiger partial charge in [0.2, 0.25) is 0 Å². The number of halogens is 2. The molecule has 0 unspecified atom stereocenters. The zero-order valence-corrected chi connectivity index (χ0v) is 13.1. The lowest BCUT2D eigenvalue weighted by atomic mass is 10.1. The molecule has 0 spiro atoms. The first-order valence-corrected chi connectivity index (χ1v) is 7.35. The van der Waals surface area contributed by atoms with Crippen LogP contribution in [-0.2, 0) is 9.53 Å². The van der Waals surface area contributed by atoms with Crippen LogP contribution >= 0.6 is 27.5 Å². The van der Waals surface area contributed by atoms with Crippen molar-refractivity contribution in [1.82, 2.24) is 0 Å². The molecule has 0 bridgehead atoms. The van der Waals surface area contributed by atoms with E-state index in [-0.39, 0.29) is 24.6 Å². The third-order valence-corrected chi connectivity index (χ3v) is 3.37. The van der Waals surface area contributed by atoms with Crippen molar-refractivity contribution in [2.75, 3.05) is 6.61 Å². The molecule has 0 aliphatic carbocycles. The zero-order chi connectivity index (χ0) is 14.3. The van der Waals surface area contributed by atoms with Crippen molar-refractivity contribution in [1.29, 1.82) is 0 Å². The molecule has 19 heavy (non-hydrogen) atoms. The minimum Gasteiger partial charge on any atom is -0.466 e. The number of carbonyl (C=O) groups is 2. The molecule has 0 fully saturated rings. The maximum absolute atomic E-state index is 11.9. The Labute approximate surface area is 126 Å². The molecule has 0 aromatic heterocycles. The summed E-state index contributed by atoms with van der Waals surface area (Å²) < 4.78 is 5.77. The predicted molar refractivity (Wildman–Crippen MR) is 78.6 cm³/mol. The van der Waals surface area contributed by atoms with E-state index in [1.54, 1.807) is 18.2 Å². The number of Topliss-reactive ketones (excluding diaryl/α,β-unsaturated/α-hetero) is 1. The molecular weight excluding hydrogens is 332 g/mol. The summed E-state index contributed by atoms with van der Waals surface area (Å²) in [5.41, 5.74) is 0.428. The van der Waals surface area contributed by atoms with Gasteiger partial charge in [0.1, 0.15) is 0 Å². The number of rotatable bonds is 7. The second-order valence-corrected chi connectivity index (χ2v) is 5.44. The number of carbonyl (C=O) groups excluding carboxylic acids is 2. The molecule has 0 saturated heterocycles. The number of hydrogen-bond donors (Lipinski definition) is 0. The van der Waals surface area contributed by atoms with Gasteiger partial charge in [0.15, 0.2) is 5.78 Å². The summed E-state index contributed by atoms with van der Waals surface area (Å²) in [5.74, 6) is -0.494. The van der Waals surface area contributed by atoms with E-state index in [0.29, 0.717) is 17.2 Å². The Kier molecular flexibility index (Phi) is 7.10. The summed E-state index contributed by atoms with van der Waals surface area (Å²) in [6.07, 6.45) is 2.02. The lowest BCUT2D eigenvalue weighted by Crippen LogP contribution is -2.09. The summed E-state index contributed by atoms with van der Waals surface area (Å²) in [6.45, 7) is 2.44. The van der Waals surface area contributed by atoms with Crippen LogP contribution in [0, 0.1) is 0 Å². The molecule has 0 atom stereocenters. The first kappa shape index (κ1) is 16.2. The number of ketones is 1. The van der Waals surface area contributed by atoms with Gasteiger partial charge in [-0.2, -0.15) is 0 Å². The van der Waals surface area contributed by atoms with Crippen molar-refractivity contribution >= 4 is 39.3 Å². The summed E-state index contributed by atoms with van der Waals surface area (Å²) in [6, 6.07) is 5.07. The van der Waals surface area contributed by atoms with Crippen LogP contribution in [0.15, 0.2) is 22.7 Å². The molecule has 0 aliphatic rings. The Balaban J connectivity index is 2.47. The van der Waals surface area contributed by atoms with E-state index in [1.165, 1.54) is 0 Å². The summed E-state index contributed by atoms with van der Waals surface area (Å²) in [5, 5.41) is 0.396. The number of ether oxygens (including phenoxy) is 1. The Morgan fingerprint density at radius 1 is 1.32 bits per heavy atom. The van der Waals surface area contributed by atoms with Crippen LogP contribution in [0.4, 0.5) is 0 Å². The lowest BCUT2D eigenvalue weighted by molar-refractivity contribution is -0.143. The van der Waals surface area contributed by atoms with Gasteiger partial charge in [-0.3, -0.25) is 9.59 Å². The fourth-order valence-electron chi connectivity index (χ4n) is 1.46. The van der Waals surface area contributed by atoms with Crippen molar-refractivity contribution in [2.24, 2.45) is 0 Å². The molecule has 3 nitrogen and oxygen atoms in total. The van der Waals surface area contributed by atoms with Crippen LogP contribution in [0.3, 0.4) is 0 Å². The van der Waals surface area contributed by atoms with Crippen molar-refractivity contribution in [3.8, 4) is 0 Å². The van der Waals surface area contributed by atoms with Crippen molar-refractivity contribution in [3.63, 3.8) is 0 Å². The van der Waals surface area contributed by atoms with Gasteiger partial charge < -0.3 is 4.74 Å². The summed E-state index contributed by atoms with van der Waals surface area (Å²) in [7, 11) is 0. The fraction of sp³-hybridized carbons (Fsp3) is 0.429. The summed E-state index contributed by atoms with van der Waals surface area (Å²) in [4.78, 5) is 23.3. The van der Waals surface area contributed by atoms with Crippen LogP contribution in [0.2, 0.25) is 5.02 Å². The molecular formula is C14H16BrClO3. The van der Waals surface area contributed by atoms with E-state index >= 15 is 0 Å². The van der Waals surface area contributed by atoms with Gasteiger partial charge >= 0.3 is 5.97 Å². The molecule has 0 radical (unpaired) electrons. The quantitative estimate of drug-likeness (QED) is 0.417. The minimum absolute atomic E-state index is 0.0887. The van der Waals surface area contributed by atoms with Crippen LogP contribution < -0.4 is 0 Å². The monoisotopic (exact) mass is 346 g/mol. The third-order valence-electron chi connectivity index (χ3n) is 2.55. The molecule has 1 aromatic carbocycles. The average Bonchev–Trinajstić information content (AvgIpc) is 2.39. The second-order valence-electron chi connectivity index (χ2n) is 4.12. The Bertz CT molecular complexity index is 460. The SMILES string of the molecule is CCCCOC(=O)CCC(=O)c1cc(Br)ccc1Cl. The first-order chi connectivity index (χ1) is 9.04. The molecule has 0 heterocycles. The number of unbranched alkanes of at least 4 members (excludes halogenated alkanes) is 1. The van der Waals surface area contributed by atoms with Gasteiger partial charge in [-0.1, -0.05) is 40.9 Å². The van der Waals surface area contributed by atoms with Gasteiger partial charge in [0, 0.05) is 16.5 Å². The van der Waals surface area contributed by atoms with Crippen LogP contribution in [0.5, 0.6) is 0 Å². The molecule has 1 aromatic rings. The highest BCUT2D eigenvalue weighted by Crippen LogP contribution is 2.22. The smallest absolute Gasteiger partial charge is 0.306 e. The number of benzene rings is 1. The van der Waals surface area contributed by atoms with E-state index in [1.807, 2.05) is 6.92 Å². The van der Waals surface area contributed by atoms with E-state index < -0.39 is 0 Å². The van der Waals surface area contributed by atoms with E-state index in [9.17, 15) is 9.59 Å². The van der Waals surface area contributed by atoms with Crippen LogP contribution in [0.1, 0.15) is 43.0 Å². The largest absolute Gasteiger partial charge is 0.466 e. The maximum atomic E-state index is 11.9.